The van der Waals surface area contributed by atoms with Gasteiger partial charge < -0.3 is 15.1 Å². The minimum atomic E-state index is -0.250. The number of rotatable bonds is 4. The first-order chi connectivity index (χ1) is 15.4. The second-order valence-electron chi connectivity index (χ2n) is 7.78. The molecule has 1 aliphatic rings. The molecule has 5 nitrogen and oxygen atoms in total. The van der Waals surface area contributed by atoms with E-state index in [-0.39, 0.29) is 11.8 Å². The van der Waals surface area contributed by atoms with Crippen molar-refractivity contribution in [3.05, 3.63) is 93.5 Å². The van der Waals surface area contributed by atoms with Crippen LogP contribution in [-0.4, -0.2) is 42.9 Å². The lowest BCUT2D eigenvalue weighted by molar-refractivity contribution is 0.0746. The first kappa shape index (κ1) is 22.2. The quantitative estimate of drug-likeness (QED) is 0.549. The van der Waals surface area contributed by atoms with Gasteiger partial charge in [0.05, 0.1) is 10.0 Å². The van der Waals surface area contributed by atoms with Crippen molar-refractivity contribution >= 4 is 46.4 Å². The van der Waals surface area contributed by atoms with Crippen molar-refractivity contribution in [3.8, 4) is 0 Å². The molecule has 0 atom stereocenters. The average Bonchev–Trinajstić information content (AvgIpc) is 2.81. The molecule has 2 amide bonds. The van der Waals surface area contributed by atoms with Crippen molar-refractivity contribution in [2.45, 2.75) is 6.92 Å². The second-order valence-corrected chi connectivity index (χ2v) is 8.59. The van der Waals surface area contributed by atoms with E-state index in [4.69, 9.17) is 23.2 Å². The molecule has 0 spiro atoms. The van der Waals surface area contributed by atoms with Crippen molar-refractivity contribution in [2.75, 3.05) is 36.4 Å². The maximum atomic E-state index is 12.7. The number of piperazine rings is 1. The van der Waals surface area contributed by atoms with Gasteiger partial charge in [0.1, 0.15) is 0 Å². The summed E-state index contributed by atoms with van der Waals surface area (Å²) in [5.74, 6) is -0.176. The Morgan fingerprint density at radius 1 is 0.781 bits per heavy atom. The number of halogens is 2. The Kier molecular flexibility index (Phi) is 6.68. The zero-order chi connectivity index (χ0) is 22.7. The first-order valence-electron chi connectivity index (χ1n) is 10.4. The molecule has 164 valence electrons. The lowest BCUT2D eigenvalue weighted by Crippen LogP contribution is -2.48. The molecule has 4 rings (SSSR count). The SMILES string of the molecule is Cc1ccc(C(=O)N2CCN(c3ccc(NC(=O)c4ccc(Cl)c(Cl)c4)cc3)CC2)cc1. The largest absolute Gasteiger partial charge is 0.368 e. The highest BCUT2D eigenvalue weighted by Gasteiger charge is 2.22. The van der Waals surface area contributed by atoms with Crippen LogP contribution in [0.4, 0.5) is 11.4 Å². The smallest absolute Gasteiger partial charge is 0.255 e. The van der Waals surface area contributed by atoms with Gasteiger partial charge in [-0.1, -0.05) is 40.9 Å². The highest BCUT2D eigenvalue weighted by atomic mass is 35.5. The van der Waals surface area contributed by atoms with Crippen LogP contribution in [0.25, 0.3) is 0 Å². The van der Waals surface area contributed by atoms with Crippen LogP contribution in [0, 0.1) is 6.92 Å². The minimum Gasteiger partial charge on any atom is -0.368 e. The molecule has 0 saturated carbocycles. The number of carbonyl (C=O) groups excluding carboxylic acids is 2. The van der Waals surface area contributed by atoms with Crippen LogP contribution in [0.15, 0.2) is 66.7 Å². The Labute approximate surface area is 197 Å². The molecule has 3 aromatic rings. The van der Waals surface area contributed by atoms with Crippen molar-refractivity contribution in [2.24, 2.45) is 0 Å². The van der Waals surface area contributed by atoms with Gasteiger partial charge in [0.25, 0.3) is 11.8 Å². The van der Waals surface area contributed by atoms with Crippen LogP contribution < -0.4 is 10.2 Å². The molecule has 3 aromatic carbocycles. The van der Waals surface area contributed by atoms with Gasteiger partial charge in [-0.2, -0.15) is 0 Å². The van der Waals surface area contributed by atoms with Crippen LogP contribution in [-0.2, 0) is 0 Å². The number of anilines is 2. The van der Waals surface area contributed by atoms with E-state index in [0.29, 0.717) is 34.4 Å². The Bertz CT molecular complexity index is 1120. The van der Waals surface area contributed by atoms with Crippen molar-refractivity contribution < 1.29 is 9.59 Å². The number of benzene rings is 3. The second kappa shape index (κ2) is 9.63. The van der Waals surface area contributed by atoms with Crippen LogP contribution in [0.5, 0.6) is 0 Å². The molecular weight excluding hydrogens is 445 g/mol. The first-order valence-corrected chi connectivity index (χ1v) is 11.1. The maximum absolute atomic E-state index is 12.7. The number of nitrogens with one attached hydrogen (secondary N) is 1. The summed E-state index contributed by atoms with van der Waals surface area (Å²) < 4.78 is 0. The summed E-state index contributed by atoms with van der Waals surface area (Å²) in [5, 5.41) is 3.62. The van der Waals surface area contributed by atoms with Crippen molar-refractivity contribution in [1.82, 2.24) is 4.90 Å². The van der Waals surface area contributed by atoms with E-state index in [1.54, 1.807) is 18.2 Å². The number of carbonyl (C=O) groups is 2. The van der Waals surface area contributed by atoms with E-state index in [2.05, 4.69) is 10.2 Å². The third-order valence-corrected chi connectivity index (χ3v) is 6.28. The number of hydrogen-bond donors (Lipinski definition) is 1. The summed E-state index contributed by atoms with van der Waals surface area (Å²) in [5.41, 5.74) is 4.06. The summed E-state index contributed by atoms with van der Waals surface area (Å²) in [6, 6.07) is 20.2. The Morgan fingerprint density at radius 3 is 2.03 bits per heavy atom. The van der Waals surface area contributed by atoms with E-state index >= 15 is 0 Å². The van der Waals surface area contributed by atoms with Crippen LogP contribution in [0.2, 0.25) is 10.0 Å². The monoisotopic (exact) mass is 467 g/mol. The number of nitrogens with zero attached hydrogens (tertiary/aromatic N) is 2. The van der Waals surface area contributed by atoms with Gasteiger partial charge >= 0.3 is 0 Å². The molecule has 0 radical (unpaired) electrons. The molecule has 1 heterocycles. The van der Waals surface area contributed by atoms with Gasteiger partial charge in [-0.25, -0.2) is 0 Å². The Morgan fingerprint density at radius 2 is 1.41 bits per heavy atom. The van der Waals surface area contributed by atoms with Crippen LogP contribution in [0.3, 0.4) is 0 Å². The zero-order valence-corrected chi connectivity index (χ0v) is 19.2. The fourth-order valence-electron chi connectivity index (χ4n) is 3.64. The topological polar surface area (TPSA) is 52.7 Å². The molecule has 0 aromatic heterocycles. The Balaban J connectivity index is 1.33. The average molecular weight is 468 g/mol. The number of aryl methyl sites for hydroxylation is 1. The van der Waals surface area contributed by atoms with Crippen molar-refractivity contribution in [3.63, 3.8) is 0 Å². The number of amides is 2. The van der Waals surface area contributed by atoms with Gasteiger partial charge in [-0.05, 0) is 61.5 Å². The molecule has 1 N–H and O–H groups in total. The van der Waals surface area contributed by atoms with E-state index in [1.165, 1.54) is 0 Å². The van der Waals surface area contributed by atoms with Crippen LogP contribution in [0.1, 0.15) is 26.3 Å². The van der Waals surface area contributed by atoms with Gasteiger partial charge in [0.15, 0.2) is 0 Å². The van der Waals surface area contributed by atoms with Gasteiger partial charge in [0, 0.05) is 48.7 Å². The molecule has 1 aliphatic heterocycles. The summed E-state index contributed by atoms with van der Waals surface area (Å²) in [7, 11) is 0. The maximum Gasteiger partial charge on any atom is 0.255 e. The lowest BCUT2D eigenvalue weighted by atomic mass is 10.1. The fourth-order valence-corrected chi connectivity index (χ4v) is 3.94. The molecule has 0 bridgehead atoms. The third kappa shape index (κ3) is 5.06. The normalized spacial score (nSPS) is 13.7. The summed E-state index contributed by atoms with van der Waals surface area (Å²) in [4.78, 5) is 29.3. The van der Waals surface area contributed by atoms with Crippen molar-refractivity contribution in [1.29, 1.82) is 0 Å². The molecule has 7 heteroatoms. The van der Waals surface area contributed by atoms with Gasteiger partial charge in [-0.15, -0.1) is 0 Å². The standard InChI is InChI=1S/C25H23Cl2N3O2/c1-17-2-4-18(5-3-17)25(32)30-14-12-29(13-15-30)21-9-7-20(8-10-21)28-24(31)19-6-11-22(26)23(27)16-19/h2-11,16H,12-15H2,1H3,(H,28,31). The fraction of sp³-hybridized carbons (Fsp3) is 0.200. The third-order valence-electron chi connectivity index (χ3n) is 5.54. The summed E-state index contributed by atoms with van der Waals surface area (Å²) in [6.45, 7) is 4.86. The molecule has 32 heavy (non-hydrogen) atoms. The molecule has 0 unspecified atom stereocenters. The lowest BCUT2D eigenvalue weighted by Gasteiger charge is -2.36. The van der Waals surface area contributed by atoms with E-state index in [9.17, 15) is 9.59 Å². The summed E-state index contributed by atoms with van der Waals surface area (Å²) >= 11 is 11.9. The predicted octanol–water partition coefficient (Wildman–Crippen LogP) is 5.52. The molecular formula is C25H23Cl2N3O2. The molecule has 1 saturated heterocycles. The predicted molar refractivity (Wildman–Crippen MR) is 130 cm³/mol. The Hall–Kier alpha value is -3.02. The van der Waals surface area contributed by atoms with Gasteiger partial charge in [-0.3, -0.25) is 9.59 Å². The minimum absolute atomic E-state index is 0.0741. The molecule has 0 aliphatic carbocycles. The molecule has 1 fully saturated rings. The van der Waals surface area contributed by atoms with E-state index in [0.717, 1.165) is 29.9 Å². The van der Waals surface area contributed by atoms with Crippen LogP contribution >= 0.6 is 23.2 Å². The van der Waals surface area contributed by atoms with E-state index < -0.39 is 0 Å². The van der Waals surface area contributed by atoms with E-state index in [1.807, 2.05) is 60.4 Å². The van der Waals surface area contributed by atoms with Gasteiger partial charge in [0.2, 0.25) is 0 Å². The summed E-state index contributed by atoms with van der Waals surface area (Å²) in [6.07, 6.45) is 0. The highest BCUT2D eigenvalue weighted by Crippen LogP contribution is 2.24. The number of hydrogen-bond acceptors (Lipinski definition) is 3. The zero-order valence-electron chi connectivity index (χ0n) is 17.6. The highest BCUT2D eigenvalue weighted by molar-refractivity contribution is 6.42.